The van der Waals surface area contributed by atoms with Gasteiger partial charge in [-0.1, -0.05) is 0 Å². The molecule has 112 valence electrons. The van der Waals surface area contributed by atoms with Crippen LogP contribution in [0.1, 0.15) is 0 Å². The standard InChI is InChI=1S/C9H7F2N5O4S/c1-15-8(13-14-9(15)21(12,19)20)4-2-5(10)6(11)3-7(4)16(17)18/h2-3H,1H3,(H2,12,19,20). The number of rotatable bonds is 3. The van der Waals surface area contributed by atoms with Gasteiger partial charge in [-0.15, -0.1) is 10.2 Å². The van der Waals surface area contributed by atoms with E-state index in [1.165, 1.54) is 7.05 Å². The van der Waals surface area contributed by atoms with E-state index in [0.29, 0.717) is 12.1 Å². The summed E-state index contributed by atoms with van der Waals surface area (Å²) < 4.78 is 49.7. The van der Waals surface area contributed by atoms with Gasteiger partial charge in [0, 0.05) is 7.05 Å². The largest absolute Gasteiger partial charge is 0.300 e. The van der Waals surface area contributed by atoms with E-state index < -0.39 is 43.0 Å². The van der Waals surface area contributed by atoms with E-state index in [1.807, 2.05) is 0 Å². The second-order valence-corrected chi connectivity index (χ2v) is 5.41. The van der Waals surface area contributed by atoms with Crippen LogP contribution in [0.25, 0.3) is 11.4 Å². The van der Waals surface area contributed by atoms with E-state index in [4.69, 9.17) is 5.14 Å². The lowest BCUT2D eigenvalue weighted by atomic mass is 10.1. The Morgan fingerprint density at radius 1 is 1.29 bits per heavy atom. The first-order valence-electron chi connectivity index (χ1n) is 5.19. The minimum Gasteiger partial charge on any atom is -0.300 e. The Morgan fingerprint density at radius 3 is 2.33 bits per heavy atom. The van der Waals surface area contributed by atoms with Crippen LogP contribution in [0.4, 0.5) is 14.5 Å². The molecule has 0 amide bonds. The molecular weight excluding hydrogens is 312 g/mol. The number of halogens is 2. The maximum Gasteiger partial charge on any atom is 0.283 e. The number of nitro groups is 1. The Balaban J connectivity index is 2.76. The fraction of sp³-hybridized carbons (Fsp3) is 0.111. The van der Waals surface area contributed by atoms with Gasteiger partial charge in [0.2, 0.25) is 0 Å². The zero-order chi connectivity index (χ0) is 15.9. The van der Waals surface area contributed by atoms with Gasteiger partial charge < -0.3 is 0 Å². The van der Waals surface area contributed by atoms with Gasteiger partial charge in [-0.05, 0) is 6.07 Å². The number of nitrogens with zero attached hydrogens (tertiary/aromatic N) is 4. The van der Waals surface area contributed by atoms with Crippen molar-refractivity contribution in [3.05, 3.63) is 33.9 Å². The molecule has 0 spiro atoms. The Hall–Kier alpha value is -2.47. The summed E-state index contributed by atoms with van der Waals surface area (Å²) in [5.41, 5.74) is -1.21. The van der Waals surface area contributed by atoms with Crippen molar-refractivity contribution in [2.45, 2.75) is 5.16 Å². The molecular formula is C9H7F2N5O4S. The molecule has 0 saturated heterocycles. The van der Waals surface area contributed by atoms with Gasteiger partial charge in [-0.25, -0.2) is 22.3 Å². The summed E-state index contributed by atoms with van der Waals surface area (Å²) in [5, 5.41) is 21.8. The Labute approximate surface area is 116 Å². The van der Waals surface area contributed by atoms with Crippen LogP contribution in [0.3, 0.4) is 0 Å². The summed E-state index contributed by atoms with van der Waals surface area (Å²) in [6.45, 7) is 0. The number of nitro benzene ring substituents is 1. The number of nitrogens with two attached hydrogens (primary N) is 1. The van der Waals surface area contributed by atoms with Gasteiger partial charge in [-0.2, -0.15) is 0 Å². The molecule has 0 aliphatic rings. The van der Waals surface area contributed by atoms with Crippen LogP contribution in [0, 0.1) is 21.7 Å². The molecule has 2 aromatic rings. The van der Waals surface area contributed by atoms with E-state index in [1.54, 1.807) is 0 Å². The normalized spacial score (nSPS) is 11.6. The van der Waals surface area contributed by atoms with Crippen molar-refractivity contribution in [1.82, 2.24) is 14.8 Å². The topological polar surface area (TPSA) is 134 Å². The molecule has 0 radical (unpaired) electrons. The van der Waals surface area contributed by atoms with E-state index in [0.717, 1.165) is 4.57 Å². The summed E-state index contributed by atoms with van der Waals surface area (Å²) in [7, 11) is -3.05. The molecule has 0 bridgehead atoms. The van der Waals surface area contributed by atoms with Crippen LogP contribution in [0.2, 0.25) is 0 Å². The van der Waals surface area contributed by atoms with Crippen LogP contribution in [-0.2, 0) is 17.1 Å². The lowest BCUT2D eigenvalue weighted by Gasteiger charge is -2.04. The second-order valence-electron chi connectivity index (χ2n) is 3.95. The zero-order valence-corrected chi connectivity index (χ0v) is 11.1. The third-order valence-corrected chi connectivity index (χ3v) is 3.43. The molecule has 21 heavy (non-hydrogen) atoms. The first-order valence-corrected chi connectivity index (χ1v) is 6.73. The molecule has 0 saturated carbocycles. The number of aromatic nitrogens is 3. The summed E-state index contributed by atoms with van der Waals surface area (Å²) >= 11 is 0. The zero-order valence-electron chi connectivity index (χ0n) is 10.3. The highest BCUT2D eigenvalue weighted by Crippen LogP contribution is 2.31. The quantitative estimate of drug-likeness (QED) is 0.639. The third kappa shape index (κ3) is 2.57. The fourth-order valence-electron chi connectivity index (χ4n) is 1.66. The molecule has 0 unspecified atom stereocenters. The monoisotopic (exact) mass is 319 g/mol. The maximum absolute atomic E-state index is 13.3. The first-order chi connectivity index (χ1) is 9.62. The van der Waals surface area contributed by atoms with Crippen molar-refractivity contribution < 1.29 is 22.1 Å². The Bertz CT molecular complexity index is 848. The third-order valence-electron chi connectivity index (χ3n) is 2.57. The molecule has 2 rings (SSSR count). The number of sulfonamides is 1. The van der Waals surface area contributed by atoms with Crippen LogP contribution in [0.5, 0.6) is 0 Å². The van der Waals surface area contributed by atoms with Crippen LogP contribution < -0.4 is 5.14 Å². The minimum absolute atomic E-state index is 0.343. The smallest absolute Gasteiger partial charge is 0.283 e. The van der Waals surface area contributed by atoms with E-state index in [2.05, 4.69) is 10.2 Å². The van der Waals surface area contributed by atoms with E-state index >= 15 is 0 Å². The molecule has 2 N–H and O–H groups in total. The van der Waals surface area contributed by atoms with Crippen LogP contribution in [-0.4, -0.2) is 28.1 Å². The molecule has 0 fully saturated rings. The van der Waals surface area contributed by atoms with Crippen molar-refractivity contribution >= 4 is 15.7 Å². The van der Waals surface area contributed by atoms with E-state index in [9.17, 15) is 27.3 Å². The summed E-state index contributed by atoms with van der Waals surface area (Å²) in [5.74, 6) is -3.11. The number of benzene rings is 1. The average molecular weight is 319 g/mol. The van der Waals surface area contributed by atoms with Gasteiger partial charge in [0.05, 0.1) is 11.0 Å². The highest BCUT2D eigenvalue weighted by atomic mass is 32.2. The van der Waals surface area contributed by atoms with E-state index in [-0.39, 0.29) is 5.82 Å². The van der Waals surface area contributed by atoms with Crippen LogP contribution >= 0.6 is 0 Å². The predicted molar refractivity (Wildman–Crippen MR) is 64.4 cm³/mol. The van der Waals surface area contributed by atoms with Gasteiger partial charge in [0.1, 0.15) is 5.56 Å². The predicted octanol–water partition coefficient (Wildman–Crippen LogP) is 0.316. The second kappa shape index (κ2) is 4.82. The molecule has 1 aromatic carbocycles. The Morgan fingerprint density at radius 2 is 1.86 bits per heavy atom. The first kappa shape index (κ1) is 14.9. The van der Waals surface area contributed by atoms with Crippen molar-refractivity contribution in [3.63, 3.8) is 0 Å². The average Bonchev–Trinajstić information content (AvgIpc) is 2.73. The van der Waals surface area contributed by atoms with Crippen molar-refractivity contribution in [3.8, 4) is 11.4 Å². The summed E-state index contributed by atoms with van der Waals surface area (Å²) in [6, 6.07) is 0.903. The molecule has 9 nitrogen and oxygen atoms in total. The minimum atomic E-state index is -4.22. The fourth-order valence-corrected chi connectivity index (χ4v) is 2.29. The van der Waals surface area contributed by atoms with Crippen molar-refractivity contribution in [1.29, 1.82) is 0 Å². The van der Waals surface area contributed by atoms with Gasteiger partial charge >= 0.3 is 0 Å². The summed E-state index contributed by atoms with van der Waals surface area (Å²) in [4.78, 5) is 9.93. The highest BCUT2D eigenvalue weighted by molar-refractivity contribution is 7.89. The Kier molecular flexibility index (Phi) is 3.43. The number of hydrogen-bond acceptors (Lipinski definition) is 6. The van der Waals surface area contributed by atoms with Gasteiger partial charge in [-0.3, -0.25) is 14.7 Å². The molecule has 1 heterocycles. The number of primary sulfonamides is 1. The van der Waals surface area contributed by atoms with Crippen molar-refractivity contribution in [2.24, 2.45) is 12.2 Å². The lowest BCUT2D eigenvalue weighted by molar-refractivity contribution is -0.384. The SMILES string of the molecule is Cn1c(-c2cc(F)c(F)cc2[N+](=O)[O-])nnc1S(N)(=O)=O. The highest BCUT2D eigenvalue weighted by Gasteiger charge is 2.26. The molecule has 0 aliphatic carbocycles. The summed E-state index contributed by atoms with van der Waals surface area (Å²) in [6.07, 6.45) is 0. The molecule has 0 aliphatic heterocycles. The van der Waals surface area contributed by atoms with Gasteiger partial charge in [0.15, 0.2) is 17.5 Å². The van der Waals surface area contributed by atoms with Gasteiger partial charge in [0.25, 0.3) is 20.9 Å². The molecule has 1 aromatic heterocycles. The lowest BCUT2D eigenvalue weighted by Crippen LogP contribution is -2.17. The maximum atomic E-state index is 13.3. The van der Waals surface area contributed by atoms with Crippen molar-refractivity contribution in [2.75, 3.05) is 0 Å². The molecule has 12 heteroatoms. The molecule has 0 atom stereocenters. The number of hydrogen-bond donors (Lipinski definition) is 1. The van der Waals surface area contributed by atoms with Crippen LogP contribution in [0.15, 0.2) is 17.3 Å².